The number of aliphatic hydroxyl groups excluding tert-OH is 7. The molecule has 0 spiro atoms. The van der Waals surface area contributed by atoms with E-state index < -0.39 is 265 Å². The molecule has 38 heteroatoms. The van der Waals surface area contributed by atoms with Crippen LogP contribution in [-0.4, -0.2) is 201 Å². The van der Waals surface area contributed by atoms with Gasteiger partial charge in [-0.15, -0.1) is 0 Å². The Hall–Kier alpha value is -11.4. The molecule has 8 aliphatic heterocycles. The Morgan fingerprint density at radius 2 is 1.18 bits per heavy atom. The smallest absolute Gasteiger partial charge is 0.335 e. The van der Waals surface area contributed by atoms with Gasteiger partial charge in [-0.3, -0.25) is 28.8 Å². The minimum atomic E-state index is -2.42. The monoisotopic (exact) mass is 1550 g/mol. The Morgan fingerprint density at radius 1 is 0.541 bits per heavy atom. The summed E-state index contributed by atoms with van der Waals surface area (Å²) in [4.78, 5) is 120. The lowest BCUT2D eigenvalue weighted by Crippen LogP contribution is -2.64. The zero-order valence-electron chi connectivity index (χ0n) is 56.0. The molecule has 0 aromatic heterocycles. The van der Waals surface area contributed by atoms with E-state index in [1.807, 2.05) is 0 Å². The number of phenols is 4. The molecule has 0 radical (unpaired) electrons. The van der Waals surface area contributed by atoms with Crippen LogP contribution >= 0.6 is 23.2 Å². The number of aliphatic carboxylic acids is 2. The van der Waals surface area contributed by atoms with Crippen LogP contribution in [0, 0.1) is 0 Å². The van der Waals surface area contributed by atoms with Crippen LogP contribution in [0.25, 0.3) is 11.1 Å². The Bertz CT molecular complexity index is 4840. The quantitative estimate of drug-likeness (QED) is 0.0969. The molecule has 15 rings (SSSR count). The summed E-state index contributed by atoms with van der Waals surface area (Å²) in [6.07, 6.45) is -21.3. The number of carboxylic acid groups (broad SMARTS) is 2. The first-order chi connectivity index (χ1) is 51.9. The Kier molecular flexibility index (Phi) is 21.1. The first kappa shape index (κ1) is 75.9. The number of ether oxygens (including phenoxy) is 7. The number of nitrogens with one attached hydrogen (secondary N) is 7. The maximum atomic E-state index is 16.4. The molecule has 8 aliphatic rings. The molecule has 36 nitrogen and oxygen atoms in total. The van der Waals surface area contributed by atoms with Crippen molar-refractivity contribution >= 4 is 70.6 Å². The molecule has 0 aliphatic carbocycles. The van der Waals surface area contributed by atoms with Crippen LogP contribution in [0.2, 0.25) is 10.0 Å². The van der Waals surface area contributed by atoms with E-state index >= 15 is 24.0 Å². The van der Waals surface area contributed by atoms with Crippen molar-refractivity contribution in [3.8, 4) is 80.1 Å². The number of hydrogen-bond acceptors (Lipinski definition) is 28. The fourth-order valence-electron chi connectivity index (χ4n) is 13.3. The van der Waals surface area contributed by atoms with E-state index in [-0.39, 0.29) is 28.4 Å². The molecule has 7 aromatic carbocycles. The highest BCUT2D eigenvalue weighted by Gasteiger charge is 2.50. The lowest BCUT2D eigenvalue weighted by atomic mass is 9.89. The van der Waals surface area contributed by atoms with E-state index in [0.717, 1.165) is 72.8 Å². The topological polar surface area (TPSA) is 574 Å². The fourth-order valence-corrected chi connectivity index (χ4v) is 13.7. The number of halogens is 2. The summed E-state index contributed by atoms with van der Waals surface area (Å²) in [5.41, 5.74) is 3.24. The van der Waals surface area contributed by atoms with Crippen molar-refractivity contribution in [3.05, 3.63) is 164 Å². The van der Waals surface area contributed by atoms with E-state index in [0.29, 0.717) is 5.56 Å². The molecule has 0 saturated carbocycles. The summed E-state index contributed by atoms with van der Waals surface area (Å²) in [5.74, 6) is -18.5. The van der Waals surface area contributed by atoms with Crippen molar-refractivity contribution in [1.82, 2.24) is 37.2 Å². The van der Waals surface area contributed by atoms with Crippen molar-refractivity contribution < 1.29 is 138 Å². The average Bonchev–Trinajstić information content (AvgIpc) is 0.763. The van der Waals surface area contributed by atoms with Gasteiger partial charge in [0.05, 0.1) is 22.7 Å². The molecule has 17 bridgehead atoms. The minimum Gasteiger partial charge on any atom is -0.508 e. The number of phenolic OH excluding ortho intramolecular Hbond substituents is 4. The van der Waals surface area contributed by atoms with Crippen LogP contribution in [0.3, 0.4) is 0 Å². The van der Waals surface area contributed by atoms with E-state index in [2.05, 4.69) is 37.2 Å². The van der Waals surface area contributed by atoms with Crippen LogP contribution in [0.1, 0.15) is 75.3 Å². The number of benzene rings is 7. The molecule has 6 amide bonds. The molecule has 572 valence electrons. The summed E-state index contributed by atoms with van der Waals surface area (Å²) in [7, 11) is 1.42. The third-order valence-electron chi connectivity index (χ3n) is 18.9. The Labute approximate surface area is 623 Å². The Morgan fingerprint density at radius 3 is 1.87 bits per heavy atom. The van der Waals surface area contributed by atoms with Gasteiger partial charge in [0.25, 0.3) is 0 Å². The zero-order valence-corrected chi connectivity index (χ0v) is 57.6. The zero-order chi connectivity index (χ0) is 78.0. The van der Waals surface area contributed by atoms with Gasteiger partial charge in [-0.2, -0.15) is 0 Å². The van der Waals surface area contributed by atoms with Crippen molar-refractivity contribution in [1.29, 1.82) is 0 Å². The molecule has 109 heavy (non-hydrogen) atoms. The highest BCUT2D eigenvalue weighted by molar-refractivity contribution is 6.33. The summed E-state index contributed by atoms with van der Waals surface area (Å²) in [5, 5.41) is 162. The number of hydrogen-bond donors (Lipinski definition) is 21. The number of carboxylic acids is 2. The fraction of sp³-hybridized carbons (Fsp3) is 0.296. The molecule has 2 saturated heterocycles. The number of aromatic hydroxyl groups is 4. The van der Waals surface area contributed by atoms with Crippen LogP contribution in [-0.2, 0) is 54.3 Å². The number of carbonyl (C=O) groups is 8. The average molecular weight is 1550 g/mol. The predicted molar refractivity (Wildman–Crippen MR) is 368 cm³/mol. The van der Waals surface area contributed by atoms with Gasteiger partial charge in [0.15, 0.2) is 35.1 Å². The first-order valence-electron chi connectivity index (χ1n) is 33.1. The third-order valence-corrected chi connectivity index (χ3v) is 19.6. The third kappa shape index (κ3) is 14.8. The maximum absolute atomic E-state index is 16.4. The molecule has 0 unspecified atom stereocenters. The van der Waals surface area contributed by atoms with Crippen molar-refractivity contribution in [2.24, 2.45) is 5.73 Å². The number of fused-ring (bicyclic) bond motifs is 14. The summed E-state index contributed by atoms with van der Waals surface area (Å²) < 4.78 is 42.9. The summed E-state index contributed by atoms with van der Waals surface area (Å²) in [6.45, 7) is -0.985. The van der Waals surface area contributed by atoms with Crippen molar-refractivity contribution in [3.63, 3.8) is 0 Å². The number of nitrogens with two attached hydrogens (primary N) is 1. The number of aliphatic hydroxyl groups is 7. The molecule has 18 atom stereocenters. The van der Waals surface area contributed by atoms with Gasteiger partial charge in [0, 0.05) is 40.8 Å². The lowest BCUT2D eigenvalue weighted by molar-refractivity contribution is -0.277. The second-order valence-corrected chi connectivity index (χ2v) is 26.8. The van der Waals surface area contributed by atoms with Crippen LogP contribution in [0.4, 0.5) is 0 Å². The normalized spacial score (nSPS) is 28.2. The molecule has 7 aromatic rings. The van der Waals surface area contributed by atoms with Gasteiger partial charge >= 0.3 is 11.9 Å². The van der Waals surface area contributed by atoms with Gasteiger partial charge in [-0.05, 0) is 108 Å². The first-order valence-corrected chi connectivity index (χ1v) is 33.8. The van der Waals surface area contributed by atoms with Gasteiger partial charge < -0.3 is 142 Å². The van der Waals surface area contributed by atoms with E-state index in [1.165, 1.54) is 49.5 Å². The van der Waals surface area contributed by atoms with Crippen LogP contribution < -0.4 is 66.6 Å². The second kappa shape index (κ2) is 30.4. The summed E-state index contributed by atoms with van der Waals surface area (Å²) in [6, 6.07) is 4.60. The van der Waals surface area contributed by atoms with E-state index in [9.17, 15) is 80.8 Å². The lowest BCUT2D eigenvalue weighted by Gasteiger charge is -2.40. The highest BCUT2D eigenvalue weighted by Crippen LogP contribution is 2.50. The van der Waals surface area contributed by atoms with Crippen molar-refractivity contribution in [2.75, 3.05) is 13.7 Å². The standard InChI is InChI=1S/C71H66Cl2N8O28/c1-75-48-25-5-10-37(85)40(15-25)104-30-20-33(46(73)38(86)21-30)51-66(97)78-50-27-16-42(103-29-7-2-23(3-8-29)12-35(62(93)79-51)76-63(48)94)60(108-70-47(74)56(89)58(91)61(109-70)69(101)102)43(17-27)105-39-11-6-26(14-34(39)72)54(87)53-67(98)80-52(68(99)100)32-18-28(83)19-41(106-71-59(92)57(90)55(88)44(22-82)107-71)45(32)31-13-24(4-9-36(31)84)49(64(95)81-53)77-65(50)96/h2-11,13-21,35,44,47-59,61,70-71,75,82-92H,12,22,74H2,1H3,(H,76,94)(H,77,96)(H,78,97)(H,79,93)(H,80,98)(H,81,95)(H,99,100)(H,101,102)/t35-,44-,47-,48-,49-,50-,51+,52-,53+,54-,55-,56-,57+,58+,59+,61+,70-,71+/m1/s1. The molecular formula is C71H66Cl2N8O28. The second-order valence-electron chi connectivity index (χ2n) is 26.0. The van der Waals surface area contributed by atoms with E-state index in [4.69, 9.17) is 62.1 Å². The van der Waals surface area contributed by atoms with Gasteiger partial charge in [0.2, 0.25) is 53.8 Å². The molecule has 2 fully saturated rings. The van der Waals surface area contributed by atoms with Crippen molar-refractivity contribution in [2.45, 2.75) is 116 Å². The Balaban J connectivity index is 1.06. The van der Waals surface area contributed by atoms with Gasteiger partial charge in [-0.1, -0.05) is 53.5 Å². The minimum absolute atomic E-state index is 0.130. The molecule has 8 heterocycles. The van der Waals surface area contributed by atoms with Crippen LogP contribution in [0.15, 0.2) is 115 Å². The SMILES string of the molecule is CN[C@H]1C(=O)N[C@@H]2Cc3ccc(cc3)Oc3cc4cc(c3O[C@@H]3O[C@H](C(=O)O)[C@@H](O)[C@H](O)[C@H]3N)Oc3ccc(cc3Cl)[C@@H](O)[C@@H]3NC(=O)[C@H](NC(=O)[C@@H]4NC(=O)[C@@H](NC2=O)c2cc(cc(O)c2Cl)Oc2cc1ccc2O)c1ccc(O)c(c1)-c1c(O[C@H]2O[C@H](CO)[C@@H](O)[C@H](O)[C@@H]2O)cc(O)cc1[C@H](C(=O)O)NC3=O. The maximum Gasteiger partial charge on any atom is 0.335 e. The number of carbonyl (C=O) groups excluding carboxylic acids is 6. The number of amides is 6. The summed E-state index contributed by atoms with van der Waals surface area (Å²) >= 11 is 14.0. The number of likely N-dealkylation sites (N-methyl/N-ethyl adjacent to an activating group) is 1. The highest BCUT2D eigenvalue weighted by atomic mass is 35.5. The van der Waals surface area contributed by atoms with Gasteiger partial charge in [0.1, 0.15) is 119 Å². The molecular weight excluding hydrogens is 1480 g/mol. The van der Waals surface area contributed by atoms with Gasteiger partial charge in [-0.25, -0.2) is 9.59 Å². The van der Waals surface area contributed by atoms with E-state index in [1.54, 1.807) is 0 Å². The van der Waals surface area contributed by atoms with Crippen LogP contribution in [0.5, 0.6) is 69.0 Å². The predicted octanol–water partition coefficient (Wildman–Crippen LogP) is 0.250. The number of rotatable bonds is 8. The molecule has 22 N–H and O–H groups in total. The largest absolute Gasteiger partial charge is 0.508 e.